The summed E-state index contributed by atoms with van der Waals surface area (Å²) in [5.74, 6) is 1.02. The van der Waals surface area contributed by atoms with Gasteiger partial charge in [-0.1, -0.05) is 89.0 Å². The Hall–Kier alpha value is -3.19. The first-order valence-corrected chi connectivity index (χ1v) is 13.2. The maximum absolute atomic E-state index is 13.8. The molecule has 0 radical (unpaired) electrons. The predicted molar refractivity (Wildman–Crippen MR) is 145 cm³/mol. The van der Waals surface area contributed by atoms with Crippen molar-refractivity contribution in [2.75, 3.05) is 13.1 Å². The first-order valence-electron chi connectivity index (χ1n) is 12.4. The topological polar surface area (TPSA) is 62.5 Å². The summed E-state index contributed by atoms with van der Waals surface area (Å²) in [6, 6.07) is 25.5. The summed E-state index contributed by atoms with van der Waals surface area (Å²) in [5.41, 5.74) is 2.92. The van der Waals surface area contributed by atoms with E-state index >= 15 is 0 Å². The van der Waals surface area contributed by atoms with Crippen LogP contribution in [0.15, 0.2) is 83.4 Å². The lowest BCUT2D eigenvalue weighted by Crippen LogP contribution is -2.44. The molecule has 1 aliphatic heterocycles. The van der Waals surface area contributed by atoms with E-state index in [1.54, 1.807) is 18.2 Å². The van der Waals surface area contributed by atoms with Gasteiger partial charge in [0.25, 0.3) is 0 Å². The second kappa shape index (κ2) is 11.9. The van der Waals surface area contributed by atoms with Crippen LogP contribution in [0.3, 0.4) is 0 Å². The summed E-state index contributed by atoms with van der Waals surface area (Å²) in [7, 11) is 0. The van der Waals surface area contributed by atoms with Gasteiger partial charge in [0, 0.05) is 30.2 Å². The van der Waals surface area contributed by atoms with E-state index in [0.717, 1.165) is 30.5 Å². The van der Waals surface area contributed by atoms with Crippen molar-refractivity contribution in [3.8, 4) is 11.4 Å². The largest absolute Gasteiger partial charge is 0.338 e. The Balaban J connectivity index is 1.27. The lowest BCUT2D eigenvalue weighted by Gasteiger charge is -2.34. The molecule has 1 unspecified atom stereocenters. The minimum absolute atomic E-state index is 0.0886. The smallest absolute Gasteiger partial charge is 0.241 e. The predicted octanol–water partition coefficient (Wildman–Crippen LogP) is 6.48. The normalized spacial score (nSPS) is 16.0. The molecule has 0 N–H and O–H groups in total. The Morgan fingerprint density at radius 2 is 1.65 bits per heavy atom. The van der Waals surface area contributed by atoms with Gasteiger partial charge in [-0.05, 0) is 48.7 Å². The number of halogens is 2. The number of likely N-dealkylation sites (tertiary alicyclic amines) is 1. The molecule has 0 spiro atoms. The minimum atomic E-state index is -0.0886. The summed E-state index contributed by atoms with van der Waals surface area (Å²) in [6.07, 6.45) is 1.80. The van der Waals surface area contributed by atoms with E-state index in [1.165, 1.54) is 0 Å². The second-order valence-corrected chi connectivity index (χ2v) is 10.2. The van der Waals surface area contributed by atoms with E-state index in [-0.39, 0.29) is 11.8 Å². The van der Waals surface area contributed by atoms with Gasteiger partial charge in [0.05, 0.1) is 17.5 Å². The van der Waals surface area contributed by atoms with Crippen LogP contribution in [0.2, 0.25) is 10.0 Å². The van der Waals surface area contributed by atoms with E-state index < -0.39 is 0 Å². The molecule has 1 fully saturated rings. The van der Waals surface area contributed by atoms with Gasteiger partial charge in [-0.15, -0.1) is 0 Å². The maximum Gasteiger partial charge on any atom is 0.241 e. The molecule has 0 bridgehead atoms. The molecule has 1 aliphatic rings. The lowest BCUT2D eigenvalue weighted by molar-refractivity contribution is -0.138. The number of amides is 1. The number of aromatic nitrogens is 2. The fourth-order valence-electron chi connectivity index (χ4n) is 4.77. The third kappa shape index (κ3) is 6.58. The zero-order valence-electron chi connectivity index (χ0n) is 20.4. The van der Waals surface area contributed by atoms with Gasteiger partial charge in [-0.3, -0.25) is 9.69 Å². The molecule has 8 heteroatoms. The summed E-state index contributed by atoms with van der Waals surface area (Å²) < 4.78 is 5.52. The van der Waals surface area contributed by atoms with Crippen molar-refractivity contribution < 1.29 is 9.32 Å². The molecule has 1 saturated heterocycles. The van der Waals surface area contributed by atoms with Gasteiger partial charge in [0.2, 0.25) is 17.6 Å². The average Bonchev–Trinajstić information content (AvgIpc) is 3.37. The van der Waals surface area contributed by atoms with Gasteiger partial charge >= 0.3 is 0 Å². The quantitative estimate of drug-likeness (QED) is 0.258. The van der Waals surface area contributed by atoms with E-state index in [4.69, 9.17) is 27.7 Å². The van der Waals surface area contributed by atoms with E-state index in [1.807, 2.05) is 41.3 Å². The number of carbonyl (C=O) groups excluding carboxylic acids is 1. The molecule has 6 nitrogen and oxygen atoms in total. The third-order valence-corrected chi connectivity index (χ3v) is 7.15. The SMILES string of the molecule is O=C(C1CCCN(Cc2nc(-c3ccc(Cl)cc3Cl)no2)C1)N(Cc1ccccc1)Cc1ccccc1. The Morgan fingerprint density at radius 1 is 0.973 bits per heavy atom. The zero-order valence-corrected chi connectivity index (χ0v) is 21.9. The van der Waals surface area contributed by atoms with Gasteiger partial charge in [-0.2, -0.15) is 4.98 Å². The molecule has 190 valence electrons. The first kappa shape index (κ1) is 25.5. The second-order valence-electron chi connectivity index (χ2n) is 9.38. The molecule has 0 aliphatic carbocycles. The van der Waals surface area contributed by atoms with Gasteiger partial charge < -0.3 is 9.42 Å². The van der Waals surface area contributed by atoms with Crippen LogP contribution in [0.5, 0.6) is 0 Å². The molecule has 4 aromatic rings. The fraction of sp³-hybridized carbons (Fsp3) is 0.276. The van der Waals surface area contributed by atoms with Crippen LogP contribution < -0.4 is 0 Å². The fourth-order valence-corrected chi connectivity index (χ4v) is 5.26. The van der Waals surface area contributed by atoms with Crippen molar-refractivity contribution in [2.45, 2.75) is 32.5 Å². The molecule has 2 heterocycles. The Kier molecular flexibility index (Phi) is 8.19. The zero-order chi connectivity index (χ0) is 25.6. The molecular weight excluding hydrogens is 507 g/mol. The van der Waals surface area contributed by atoms with E-state index in [0.29, 0.717) is 53.5 Å². The van der Waals surface area contributed by atoms with Crippen LogP contribution >= 0.6 is 23.2 Å². The summed E-state index contributed by atoms with van der Waals surface area (Å²) in [5, 5.41) is 5.13. The highest BCUT2D eigenvalue weighted by molar-refractivity contribution is 6.36. The third-order valence-electron chi connectivity index (χ3n) is 6.60. The molecule has 1 amide bonds. The van der Waals surface area contributed by atoms with E-state index in [9.17, 15) is 4.79 Å². The molecular formula is C29H28Cl2N4O2. The number of rotatable bonds is 8. The van der Waals surface area contributed by atoms with Crippen molar-refractivity contribution in [1.82, 2.24) is 19.9 Å². The van der Waals surface area contributed by atoms with Crippen LogP contribution in [0.4, 0.5) is 0 Å². The van der Waals surface area contributed by atoms with Crippen LogP contribution in [0.25, 0.3) is 11.4 Å². The van der Waals surface area contributed by atoms with Gasteiger partial charge in [0.15, 0.2) is 0 Å². The lowest BCUT2D eigenvalue weighted by atomic mass is 9.96. The van der Waals surface area contributed by atoms with Crippen molar-refractivity contribution in [1.29, 1.82) is 0 Å². The number of hydrogen-bond donors (Lipinski definition) is 0. The molecule has 0 saturated carbocycles. The maximum atomic E-state index is 13.8. The van der Waals surface area contributed by atoms with Crippen LogP contribution in [-0.2, 0) is 24.4 Å². The number of benzene rings is 3. The first-order chi connectivity index (χ1) is 18.0. The summed E-state index contributed by atoms with van der Waals surface area (Å²) >= 11 is 12.3. The van der Waals surface area contributed by atoms with Gasteiger partial charge in [0.1, 0.15) is 0 Å². The number of carbonyl (C=O) groups is 1. The average molecular weight is 535 g/mol. The van der Waals surface area contributed by atoms with E-state index in [2.05, 4.69) is 39.3 Å². The van der Waals surface area contributed by atoms with Crippen molar-refractivity contribution in [3.63, 3.8) is 0 Å². The molecule has 1 aromatic heterocycles. The number of hydrogen-bond acceptors (Lipinski definition) is 5. The van der Waals surface area contributed by atoms with Crippen molar-refractivity contribution >= 4 is 29.1 Å². The van der Waals surface area contributed by atoms with Crippen LogP contribution in [0.1, 0.15) is 29.9 Å². The van der Waals surface area contributed by atoms with Gasteiger partial charge in [-0.25, -0.2) is 0 Å². The molecule has 37 heavy (non-hydrogen) atoms. The van der Waals surface area contributed by atoms with Crippen LogP contribution in [0, 0.1) is 5.92 Å². The highest BCUT2D eigenvalue weighted by Gasteiger charge is 2.30. The Bertz CT molecular complexity index is 1290. The standard InChI is InChI=1S/C29H28Cl2N4O2/c30-24-13-14-25(26(31)16-24)28-32-27(37-33-28)20-34-15-7-12-23(19-34)29(36)35(17-21-8-3-1-4-9-21)18-22-10-5-2-6-11-22/h1-6,8-11,13-14,16,23H,7,12,15,17-20H2. The molecule has 5 rings (SSSR count). The van der Waals surface area contributed by atoms with Crippen molar-refractivity contribution in [2.24, 2.45) is 5.92 Å². The highest BCUT2D eigenvalue weighted by atomic mass is 35.5. The van der Waals surface area contributed by atoms with Crippen molar-refractivity contribution in [3.05, 3.63) is 106 Å². The highest BCUT2D eigenvalue weighted by Crippen LogP contribution is 2.29. The monoisotopic (exact) mass is 534 g/mol. The summed E-state index contributed by atoms with van der Waals surface area (Å²) in [6.45, 7) is 3.18. The Morgan fingerprint density at radius 3 is 2.30 bits per heavy atom. The minimum Gasteiger partial charge on any atom is -0.338 e. The molecule has 3 aromatic carbocycles. The summed E-state index contributed by atoms with van der Waals surface area (Å²) in [4.78, 5) is 22.5. The molecule has 1 atom stereocenters. The number of piperidine rings is 1. The Labute approximate surface area is 226 Å². The van der Waals surface area contributed by atoms with Crippen LogP contribution in [-0.4, -0.2) is 38.9 Å². The number of nitrogens with zero attached hydrogens (tertiary/aromatic N) is 4.